The Kier molecular flexibility index (Phi) is 5.64. The van der Waals surface area contributed by atoms with Crippen molar-refractivity contribution in [3.05, 3.63) is 65.2 Å². The van der Waals surface area contributed by atoms with Crippen LogP contribution in [-0.2, 0) is 34.3 Å². The largest absolute Gasteiger partial charge is 0.337 e. The molecule has 2 aromatic rings. The first-order valence-corrected chi connectivity index (χ1v) is 10.4. The predicted molar refractivity (Wildman–Crippen MR) is 104 cm³/mol. The maximum atomic E-state index is 12.9. The predicted octanol–water partition coefficient (Wildman–Crippen LogP) is 1.74. The first-order chi connectivity index (χ1) is 12.8. The third-order valence-electron chi connectivity index (χ3n) is 4.85. The van der Waals surface area contributed by atoms with Gasteiger partial charge >= 0.3 is 0 Å². The van der Waals surface area contributed by atoms with E-state index in [1.165, 1.54) is 4.31 Å². The molecule has 0 aliphatic carbocycles. The molecule has 1 amide bonds. The van der Waals surface area contributed by atoms with E-state index in [2.05, 4.69) is 0 Å². The van der Waals surface area contributed by atoms with E-state index in [-0.39, 0.29) is 10.8 Å². The molecule has 0 aromatic heterocycles. The monoisotopic (exact) mass is 387 g/mol. The lowest BCUT2D eigenvalue weighted by Gasteiger charge is -2.30. The fourth-order valence-electron chi connectivity index (χ4n) is 3.27. The molecule has 6 nitrogen and oxygen atoms in total. The number of rotatable bonds is 5. The Labute approximate surface area is 160 Å². The molecule has 27 heavy (non-hydrogen) atoms. The van der Waals surface area contributed by atoms with E-state index in [0.717, 1.165) is 16.7 Å². The number of amides is 1. The molecule has 0 radical (unpaired) electrons. The number of nitrogens with two attached hydrogens (primary N) is 1. The summed E-state index contributed by atoms with van der Waals surface area (Å²) < 4.78 is 27.2. The van der Waals surface area contributed by atoms with E-state index in [1.807, 2.05) is 30.3 Å². The second-order valence-corrected chi connectivity index (χ2v) is 9.02. The first-order valence-electron chi connectivity index (χ1n) is 8.95. The molecular weight excluding hydrogens is 362 g/mol. The SMILES string of the molecule is CC(N)C(=O)N1CCc2cc(S(=O)(=O)N(C)Cc3ccccc3)ccc2C1. The molecule has 0 fully saturated rings. The molecule has 1 atom stereocenters. The van der Waals surface area contributed by atoms with E-state index in [1.54, 1.807) is 37.1 Å². The second-order valence-electron chi connectivity index (χ2n) is 6.98. The lowest BCUT2D eigenvalue weighted by Crippen LogP contribution is -2.44. The zero-order valence-electron chi connectivity index (χ0n) is 15.6. The van der Waals surface area contributed by atoms with Crippen LogP contribution in [0.3, 0.4) is 0 Å². The lowest BCUT2D eigenvalue weighted by molar-refractivity contribution is -0.133. The Bertz CT molecular complexity index is 927. The summed E-state index contributed by atoms with van der Waals surface area (Å²) in [6, 6.07) is 14.1. The van der Waals surface area contributed by atoms with Crippen LogP contribution in [-0.4, -0.2) is 43.2 Å². The Morgan fingerprint density at radius 1 is 1.19 bits per heavy atom. The maximum Gasteiger partial charge on any atom is 0.243 e. The Hall–Kier alpha value is -2.22. The molecule has 2 aromatic carbocycles. The zero-order valence-corrected chi connectivity index (χ0v) is 16.4. The Morgan fingerprint density at radius 3 is 2.56 bits per heavy atom. The van der Waals surface area contributed by atoms with Gasteiger partial charge in [-0.15, -0.1) is 0 Å². The van der Waals surface area contributed by atoms with Crippen molar-refractivity contribution in [3.63, 3.8) is 0 Å². The minimum atomic E-state index is -3.58. The maximum absolute atomic E-state index is 12.9. The summed E-state index contributed by atoms with van der Waals surface area (Å²) >= 11 is 0. The fourth-order valence-corrected chi connectivity index (χ4v) is 4.48. The van der Waals surface area contributed by atoms with Gasteiger partial charge < -0.3 is 10.6 Å². The minimum Gasteiger partial charge on any atom is -0.337 e. The summed E-state index contributed by atoms with van der Waals surface area (Å²) in [7, 11) is -1.99. The third-order valence-corrected chi connectivity index (χ3v) is 6.65. The van der Waals surface area contributed by atoms with Gasteiger partial charge in [-0.05, 0) is 42.2 Å². The Morgan fingerprint density at radius 2 is 1.89 bits per heavy atom. The summed E-state index contributed by atoms with van der Waals surface area (Å²) in [5, 5.41) is 0. The molecule has 1 unspecified atom stereocenters. The summed E-state index contributed by atoms with van der Waals surface area (Å²) in [6.45, 7) is 3.01. The van der Waals surface area contributed by atoms with Gasteiger partial charge in [-0.2, -0.15) is 4.31 Å². The lowest BCUT2D eigenvalue weighted by atomic mass is 9.99. The van der Waals surface area contributed by atoms with Crippen molar-refractivity contribution in [3.8, 4) is 0 Å². The van der Waals surface area contributed by atoms with Crippen LogP contribution in [0.25, 0.3) is 0 Å². The van der Waals surface area contributed by atoms with Gasteiger partial charge in [-0.25, -0.2) is 8.42 Å². The van der Waals surface area contributed by atoms with Crippen molar-refractivity contribution in [2.75, 3.05) is 13.6 Å². The van der Waals surface area contributed by atoms with Crippen molar-refractivity contribution < 1.29 is 13.2 Å². The van der Waals surface area contributed by atoms with Gasteiger partial charge in [0, 0.05) is 26.7 Å². The number of carbonyl (C=O) groups is 1. The van der Waals surface area contributed by atoms with Crippen molar-refractivity contribution in [2.45, 2.75) is 37.4 Å². The van der Waals surface area contributed by atoms with Crippen molar-refractivity contribution in [1.82, 2.24) is 9.21 Å². The van der Waals surface area contributed by atoms with Crippen molar-refractivity contribution in [2.24, 2.45) is 5.73 Å². The van der Waals surface area contributed by atoms with E-state index in [0.29, 0.717) is 26.1 Å². The molecule has 7 heteroatoms. The fraction of sp³-hybridized carbons (Fsp3) is 0.350. The first kappa shape index (κ1) is 19.5. The quantitative estimate of drug-likeness (QED) is 0.847. The zero-order chi connectivity index (χ0) is 19.6. The number of nitrogens with zero attached hydrogens (tertiary/aromatic N) is 2. The van der Waals surface area contributed by atoms with E-state index in [9.17, 15) is 13.2 Å². The van der Waals surface area contributed by atoms with Crippen LogP contribution in [0.15, 0.2) is 53.4 Å². The van der Waals surface area contributed by atoms with Gasteiger partial charge in [0.25, 0.3) is 0 Å². The van der Waals surface area contributed by atoms with Gasteiger partial charge in [-0.1, -0.05) is 36.4 Å². The summed E-state index contributed by atoms with van der Waals surface area (Å²) in [4.78, 5) is 14.1. The van der Waals surface area contributed by atoms with Crippen molar-refractivity contribution >= 4 is 15.9 Å². The number of hydrogen-bond donors (Lipinski definition) is 1. The standard InChI is InChI=1S/C20H25N3O3S/c1-15(21)20(24)23-11-10-17-12-19(9-8-18(17)14-23)27(25,26)22(2)13-16-6-4-3-5-7-16/h3-9,12,15H,10-11,13-14,21H2,1-2H3. The molecule has 0 saturated carbocycles. The van der Waals surface area contributed by atoms with E-state index in [4.69, 9.17) is 5.73 Å². The van der Waals surface area contributed by atoms with Crippen LogP contribution in [0.5, 0.6) is 0 Å². The molecule has 0 saturated heterocycles. The topological polar surface area (TPSA) is 83.7 Å². The molecule has 1 aliphatic rings. The van der Waals surface area contributed by atoms with Crippen LogP contribution in [0.4, 0.5) is 0 Å². The molecule has 144 valence electrons. The number of sulfonamides is 1. The average Bonchev–Trinajstić information content (AvgIpc) is 2.67. The summed E-state index contributed by atoms with van der Waals surface area (Å²) in [6.07, 6.45) is 0.625. The number of carbonyl (C=O) groups excluding carboxylic acids is 1. The minimum absolute atomic E-state index is 0.0834. The normalized spacial score (nSPS) is 15.5. The summed E-state index contributed by atoms with van der Waals surface area (Å²) in [5.74, 6) is -0.0834. The van der Waals surface area contributed by atoms with Gasteiger partial charge in [0.05, 0.1) is 10.9 Å². The van der Waals surface area contributed by atoms with Crippen molar-refractivity contribution in [1.29, 1.82) is 0 Å². The number of benzene rings is 2. The van der Waals surface area contributed by atoms with Crippen LogP contribution in [0.2, 0.25) is 0 Å². The highest BCUT2D eigenvalue weighted by Gasteiger charge is 2.26. The molecule has 3 rings (SSSR count). The molecule has 1 aliphatic heterocycles. The smallest absolute Gasteiger partial charge is 0.243 e. The molecular formula is C20H25N3O3S. The average molecular weight is 388 g/mol. The molecule has 1 heterocycles. The van der Waals surface area contributed by atoms with Gasteiger partial charge in [0.2, 0.25) is 15.9 Å². The van der Waals surface area contributed by atoms with E-state index < -0.39 is 16.1 Å². The second kappa shape index (κ2) is 7.80. The summed E-state index contributed by atoms with van der Waals surface area (Å²) in [5.41, 5.74) is 8.57. The van der Waals surface area contributed by atoms with Crippen LogP contribution < -0.4 is 5.73 Å². The molecule has 0 bridgehead atoms. The van der Waals surface area contributed by atoms with Crippen LogP contribution in [0.1, 0.15) is 23.6 Å². The van der Waals surface area contributed by atoms with Crippen LogP contribution >= 0.6 is 0 Å². The molecule has 2 N–H and O–H groups in total. The highest BCUT2D eigenvalue weighted by atomic mass is 32.2. The molecule has 0 spiro atoms. The number of hydrogen-bond acceptors (Lipinski definition) is 4. The Balaban J connectivity index is 1.79. The van der Waals surface area contributed by atoms with Gasteiger partial charge in [-0.3, -0.25) is 4.79 Å². The van der Waals surface area contributed by atoms with E-state index >= 15 is 0 Å². The van der Waals surface area contributed by atoms with Gasteiger partial charge in [0.1, 0.15) is 0 Å². The van der Waals surface area contributed by atoms with Crippen LogP contribution in [0, 0.1) is 0 Å². The number of fused-ring (bicyclic) bond motifs is 1. The highest BCUT2D eigenvalue weighted by molar-refractivity contribution is 7.89. The van der Waals surface area contributed by atoms with Gasteiger partial charge in [0.15, 0.2) is 0 Å². The third kappa shape index (κ3) is 4.21. The highest BCUT2D eigenvalue weighted by Crippen LogP contribution is 2.25.